The summed E-state index contributed by atoms with van der Waals surface area (Å²) in [5.41, 5.74) is 4.08. The molecule has 0 saturated carbocycles. The van der Waals surface area contributed by atoms with Gasteiger partial charge in [0, 0.05) is 5.70 Å². The van der Waals surface area contributed by atoms with Crippen LogP contribution in [0, 0.1) is 6.92 Å². The monoisotopic (exact) mass is 196 g/mol. The van der Waals surface area contributed by atoms with Crippen molar-refractivity contribution in [2.24, 2.45) is 0 Å². The Balaban J connectivity index is 2.61. The largest absolute Gasteiger partial charge is 0.294 e. The molecule has 0 amide bonds. The van der Waals surface area contributed by atoms with Gasteiger partial charge in [0.25, 0.3) is 5.56 Å². The fourth-order valence-electron chi connectivity index (χ4n) is 0.973. The Morgan fingerprint density at radius 3 is 3.00 bits per heavy atom. The summed E-state index contributed by atoms with van der Waals surface area (Å²) in [5.74, 6) is 0. The van der Waals surface area contributed by atoms with Crippen LogP contribution in [-0.2, 0) is 0 Å². The molecule has 2 heterocycles. The van der Waals surface area contributed by atoms with Crippen LogP contribution in [0.5, 0.6) is 0 Å². The van der Waals surface area contributed by atoms with Crippen molar-refractivity contribution < 1.29 is 0 Å². The van der Waals surface area contributed by atoms with E-state index in [9.17, 15) is 4.79 Å². The molecule has 0 aromatic carbocycles. The van der Waals surface area contributed by atoms with Gasteiger partial charge in [-0.1, -0.05) is 11.8 Å². The van der Waals surface area contributed by atoms with Crippen LogP contribution in [0.2, 0.25) is 0 Å². The molecule has 0 spiro atoms. The molecule has 5 nitrogen and oxygen atoms in total. The molecule has 0 bridgehead atoms. The first-order chi connectivity index (χ1) is 6.18. The summed E-state index contributed by atoms with van der Waals surface area (Å²) >= 11 is 1.38. The minimum atomic E-state index is -0.148. The second kappa shape index (κ2) is 2.88. The highest BCUT2D eigenvalue weighted by Crippen LogP contribution is 2.19. The van der Waals surface area contributed by atoms with Gasteiger partial charge in [0.15, 0.2) is 0 Å². The summed E-state index contributed by atoms with van der Waals surface area (Å²) in [6.07, 6.45) is 0. The van der Waals surface area contributed by atoms with Gasteiger partial charge in [-0.2, -0.15) is 4.68 Å². The van der Waals surface area contributed by atoms with E-state index in [0.29, 0.717) is 10.9 Å². The van der Waals surface area contributed by atoms with E-state index < -0.39 is 0 Å². The van der Waals surface area contributed by atoms with E-state index in [1.165, 1.54) is 16.4 Å². The first-order valence-electron chi connectivity index (χ1n) is 3.75. The van der Waals surface area contributed by atoms with Crippen LogP contribution in [0.3, 0.4) is 0 Å². The average Bonchev–Trinajstić information content (AvgIpc) is 2.12. The van der Waals surface area contributed by atoms with Gasteiger partial charge in [0.1, 0.15) is 5.69 Å². The fraction of sp³-hybridized carbons (Fsp3) is 0.286. The first-order valence-corrected chi connectivity index (χ1v) is 4.63. The molecular formula is C7H8N4OS. The third-order valence-corrected chi connectivity index (χ3v) is 2.57. The molecule has 1 aromatic heterocycles. The van der Waals surface area contributed by atoms with E-state index in [1.807, 2.05) is 12.3 Å². The molecule has 0 fully saturated rings. The second-order valence-electron chi connectivity index (χ2n) is 2.74. The van der Waals surface area contributed by atoms with Gasteiger partial charge in [0.05, 0.1) is 0 Å². The van der Waals surface area contributed by atoms with Crippen molar-refractivity contribution in [2.45, 2.75) is 19.0 Å². The van der Waals surface area contributed by atoms with E-state index >= 15 is 0 Å². The Morgan fingerprint density at radius 2 is 2.23 bits per heavy atom. The number of hydrogen-bond donors (Lipinski definition) is 1. The van der Waals surface area contributed by atoms with Gasteiger partial charge >= 0.3 is 0 Å². The summed E-state index contributed by atoms with van der Waals surface area (Å²) in [5, 5.41) is 10.1. The number of aromatic nitrogens is 3. The summed E-state index contributed by atoms with van der Waals surface area (Å²) in [6, 6.07) is 0. The smallest absolute Gasteiger partial charge is 0.293 e. The molecule has 68 valence electrons. The molecule has 2 rings (SSSR count). The summed E-state index contributed by atoms with van der Waals surface area (Å²) in [7, 11) is 0. The van der Waals surface area contributed by atoms with Crippen molar-refractivity contribution in [2.75, 3.05) is 5.43 Å². The van der Waals surface area contributed by atoms with E-state index in [2.05, 4.69) is 15.6 Å². The molecule has 0 radical (unpaired) electrons. The number of thioether (sulfide) groups is 1. The normalized spacial score (nSPS) is 14.5. The van der Waals surface area contributed by atoms with E-state index in [1.54, 1.807) is 6.92 Å². The van der Waals surface area contributed by atoms with Gasteiger partial charge in [-0.3, -0.25) is 10.2 Å². The van der Waals surface area contributed by atoms with Crippen LogP contribution >= 0.6 is 11.8 Å². The Hall–Kier alpha value is -1.30. The molecule has 6 heteroatoms. The van der Waals surface area contributed by atoms with Gasteiger partial charge < -0.3 is 0 Å². The molecule has 1 aliphatic heterocycles. The van der Waals surface area contributed by atoms with Crippen molar-refractivity contribution in [3.8, 4) is 0 Å². The molecule has 0 atom stereocenters. The maximum absolute atomic E-state index is 11.5. The quantitative estimate of drug-likeness (QED) is 0.653. The van der Waals surface area contributed by atoms with Gasteiger partial charge in [-0.05, 0) is 19.3 Å². The highest BCUT2D eigenvalue weighted by Gasteiger charge is 2.12. The molecule has 1 aliphatic rings. The highest BCUT2D eigenvalue weighted by molar-refractivity contribution is 8.02. The molecule has 0 aliphatic carbocycles. The maximum Gasteiger partial charge on any atom is 0.294 e. The molecule has 1 N–H and O–H groups in total. The Morgan fingerprint density at radius 1 is 1.46 bits per heavy atom. The zero-order valence-electron chi connectivity index (χ0n) is 7.24. The van der Waals surface area contributed by atoms with Crippen molar-refractivity contribution in [1.29, 1.82) is 0 Å². The van der Waals surface area contributed by atoms with Gasteiger partial charge in [-0.25, -0.2) is 0 Å². The Bertz CT molecular complexity index is 437. The third-order valence-electron chi connectivity index (χ3n) is 1.62. The van der Waals surface area contributed by atoms with Crippen LogP contribution in [0.4, 0.5) is 0 Å². The van der Waals surface area contributed by atoms with Gasteiger partial charge in [-0.15, -0.1) is 10.2 Å². The lowest BCUT2D eigenvalue weighted by atomic mass is 10.5. The zero-order chi connectivity index (χ0) is 9.42. The molecule has 1 aromatic rings. The van der Waals surface area contributed by atoms with Crippen LogP contribution in [0.15, 0.2) is 21.1 Å². The SMILES string of the molecule is CC1=CSc2nnc(C)c(=O)n2N1. The van der Waals surface area contributed by atoms with Gasteiger partial charge in [0.2, 0.25) is 5.16 Å². The van der Waals surface area contributed by atoms with Crippen molar-refractivity contribution in [3.05, 3.63) is 27.2 Å². The molecule has 0 unspecified atom stereocenters. The lowest BCUT2D eigenvalue weighted by molar-refractivity contribution is 0.655. The Kier molecular flexibility index (Phi) is 1.84. The van der Waals surface area contributed by atoms with Crippen LogP contribution in [0.1, 0.15) is 12.6 Å². The molecular weight excluding hydrogens is 188 g/mol. The summed E-state index contributed by atoms with van der Waals surface area (Å²) in [6.45, 7) is 3.53. The highest BCUT2D eigenvalue weighted by atomic mass is 32.2. The number of rotatable bonds is 0. The van der Waals surface area contributed by atoms with Crippen LogP contribution in [0.25, 0.3) is 0 Å². The molecule has 0 saturated heterocycles. The maximum atomic E-state index is 11.5. The minimum Gasteiger partial charge on any atom is -0.293 e. The number of fused-ring (bicyclic) bond motifs is 1. The topological polar surface area (TPSA) is 59.8 Å². The third kappa shape index (κ3) is 1.33. The minimum absolute atomic E-state index is 0.148. The Labute approximate surface area is 78.8 Å². The number of nitrogens with zero attached hydrogens (tertiary/aromatic N) is 3. The van der Waals surface area contributed by atoms with Crippen molar-refractivity contribution in [3.63, 3.8) is 0 Å². The lowest BCUT2D eigenvalue weighted by Crippen LogP contribution is -2.34. The summed E-state index contributed by atoms with van der Waals surface area (Å²) < 4.78 is 1.41. The predicted molar refractivity (Wildman–Crippen MR) is 50.0 cm³/mol. The van der Waals surface area contributed by atoms with Crippen LogP contribution < -0.4 is 11.0 Å². The summed E-state index contributed by atoms with van der Waals surface area (Å²) in [4.78, 5) is 11.5. The number of aryl methyl sites for hydroxylation is 1. The van der Waals surface area contributed by atoms with Crippen molar-refractivity contribution >= 4 is 11.8 Å². The zero-order valence-corrected chi connectivity index (χ0v) is 8.05. The molecule has 13 heavy (non-hydrogen) atoms. The number of hydrogen-bond acceptors (Lipinski definition) is 5. The number of nitrogens with one attached hydrogen (secondary N) is 1. The van der Waals surface area contributed by atoms with Crippen molar-refractivity contribution in [1.82, 2.24) is 14.9 Å². The number of allylic oxidation sites excluding steroid dienone is 1. The first kappa shape index (κ1) is 8.31. The second-order valence-corrected chi connectivity index (χ2v) is 3.58. The van der Waals surface area contributed by atoms with Crippen LogP contribution in [-0.4, -0.2) is 14.9 Å². The average molecular weight is 196 g/mol. The van der Waals surface area contributed by atoms with E-state index in [0.717, 1.165) is 5.70 Å². The predicted octanol–water partition coefficient (Wildman–Crippen LogP) is 0.457. The lowest BCUT2D eigenvalue weighted by Gasteiger charge is -2.16. The van der Waals surface area contributed by atoms with E-state index in [-0.39, 0.29) is 5.56 Å². The van der Waals surface area contributed by atoms with E-state index in [4.69, 9.17) is 0 Å². The standard InChI is InChI=1S/C7H8N4OS/c1-4-3-13-7-9-8-5(2)6(12)11(7)10-4/h3,10H,1-2H3. The fourth-order valence-corrected chi connectivity index (χ4v) is 1.63.